The molecule has 0 bridgehead atoms. The molecule has 0 spiro atoms. The monoisotopic (exact) mass is 162 g/mol. The predicted octanol–water partition coefficient (Wildman–Crippen LogP) is 2.53. The third kappa shape index (κ3) is 1.74. The molecule has 0 radical (unpaired) electrons. The van der Waals surface area contributed by atoms with Gasteiger partial charge >= 0.3 is 0 Å². The van der Waals surface area contributed by atoms with Gasteiger partial charge in [0.25, 0.3) is 0 Å². The van der Waals surface area contributed by atoms with Crippen molar-refractivity contribution in [2.45, 2.75) is 0 Å². The maximum Gasteiger partial charge on any atom is 0.139 e. The van der Waals surface area contributed by atoms with Crippen LogP contribution in [0.25, 0.3) is 6.08 Å². The van der Waals surface area contributed by atoms with E-state index in [1.165, 1.54) is 11.3 Å². The summed E-state index contributed by atoms with van der Waals surface area (Å²) in [4.78, 5) is 0. The molecule has 1 rings (SSSR count). The maximum absolute atomic E-state index is 3.80. The van der Waals surface area contributed by atoms with Crippen LogP contribution in [0.5, 0.6) is 0 Å². The van der Waals surface area contributed by atoms with Crippen molar-refractivity contribution in [2.75, 3.05) is 21.1 Å². The van der Waals surface area contributed by atoms with Gasteiger partial charge in [-0.05, 0) is 12.1 Å². The van der Waals surface area contributed by atoms with Crippen LogP contribution < -0.4 is 4.48 Å². The Bertz CT molecular complexity index is 281. The highest BCUT2D eigenvalue weighted by molar-refractivity contribution is 5.64. The molecule has 0 amide bonds. The largest absolute Gasteiger partial charge is 0.298 e. The molecule has 12 heavy (non-hydrogen) atoms. The van der Waals surface area contributed by atoms with E-state index in [9.17, 15) is 0 Å². The Morgan fingerprint density at radius 2 is 1.75 bits per heavy atom. The van der Waals surface area contributed by atoms with Gasteiger partial charge in [0.1, 0.15) is 5.69 Å². The lowest BCUT2D eigenvalue weighted by atomic mass is 10.1. The van der Waals surface area contributed by atoms with Gasteiger partial charge in [-0.3, -0.25) is 4.48 Å². The molecule has 64 valence electrons. The topological polar surface area (TPSA) is 0 Å². The van der Waals surface area contributed by atoms with E-state index in [-0.39, 0.29) is 0 Å². The van der Waals surface area contributed by atoms with Crippen LogP contribution in [-0.4, -0.2) is 21.1 Å². The van der Waals surface area contributed by atoms with Gasteiger partial charge in [0.05, 0.1) is 21.1 Å². The summed E-state index contributed by atoms with van der Waals surface area (Å²) >= 11 is 0. The third-order valence-corrected chi connectivity index (χ3v) is 1.88. The molecule has 0 saturated heterocycles. The van der Waals surface area contributed by atoms with Crippen molar-refractivity contribution in [3.05, 3.63) is 36.4 Å². The average Bonchev–Trinajstić information content (AvgIpc) is 2.03. The summed E-state index contributed by atoms with van der Waals surface area (Å²) in [6, 6.07) is 8.32. The highest BCUT2D eigenvalue weighted by Gasteiger charge is 2.14. The molecule has 1 heteroatoms. The molecule has 1 aromatic rings. The number of nitrogens with zero attached hydrogens (tertiary/aromatic N) is 1. The molecule has 0 aliphatic carbocycles. The molecule has 0 fully saturated rings. The van der Waals surface area contributed by atoms with Crippen molar-refractivity contribution in [3.8, 4) is 0 Å². The minimum absolute atomic E-state index is 0.836. The van der Waals surface area contributed by atoms with Gasteiger partial charge in [-0.2, -0.15) is 0 Å². The van der Waals surface area contributed by atoms with Crippen molar-refractivity contribution < 1.29 is 0 Å². The van der Waals surface area contributed by atoms with Gasteiger partial charge < -0.3 is 0 Å². The van der Waals surface area contributed by atoms with Gasteiger partial charge in [-0.1, -0.05) is 24.8 Å². The predicted molar refractivity (Wildman–Crippen MR) is 56.1 cm³/mol. The standard InChI is InChI=1S/C11H16N/c1-5-10-8-6-7-9-11(10)12(2,3)4/h5-9H,1H2,2-4H3/q+1. The van der Waals surface area contributed by atoms with Crippen LogP contribution in [0.2, 0.25) is 0 Å². The lowest BCUT2D eigenvalue weighted by molar-refractivity contribution is 0.486. The molecule has 0 N–H and O–H groups in total. The second-order valence-corrected chi connectivity index (χ2v) is 3.78. The SMILES string of the molecule is C=Cc1ccccc1[N+](C)(C)C. The second-order valence-electron chi connectivity index (χ2n) is 3.78. The Morgan fingerprint density at radius 3 is 2.17 bits per heavy atom. The van der Waals surface area contributed by atoms with E-state index in [4.69, 9.17) is 0 Å². The Hall–Kier alpha value is -1.08. The molecule has 0 aliphatic rings. The van der Waals surface area contributed by atoms with Crippen LogP contribution in [0.15, 0.2) is 30.8 Å². The van der Waals surface area contributed by atoms with E-state index >= 15 is 0 Å². The summed E-state index contributed by atoms with van der Waals surface area (Å²) in [5.41, 5.74) is 2.51. The minimum atomic E-state index is 0.836. The van der Waals surface area contributed by atoms with E-state index < -0.39 is 0 Å². The van der Waals surface area contributed by atoms with Crippen LogP contribution in [0.3, 0.4) is 0 Å². The Labute approximate surface area is 74.5 Å². The first-order valence-electron chi connectivity index (χ1n) is 4.09. The van der Waals surface area contributed by atoms with Gasteiger partial charge in [-0.15, -0.1) is 0 Å². The van der Waals surface area contributed by atoms with Crippen molar-refractivity contribution in [1.29, 1.82) is 0 Å². The fourth-order valence-corrected chi connectivity index (χ4v) is 1.27. The van der Waals surface area contributed by atoms with E-state index in [1.807, 2.05) is 12.1 Å². The molecule has 0 atom stereocenters. The van der Waals surface area contributed by atoms with Crippen LogP contribution in [0.1, 0.15) is 5.56 Å². The highest BCUT2D eigenvalue weighted by Crippen LogP contribution is 2.22. The normalized spacial score (nSPS) is 11.2. The van der Waals surface area contributed by atoms with Gasteiger partial charge in [0, 0.05) is 5.56 Å². The fraction of sp³-hybridized carbons (Fsp3) is 0.273. The third-order valence-electron chi connectivity index (χ3n) is 1.88. The number of benzene rings is 1. The van der Waals surface area contributed by atoms with Crippen molar-refractivity contribution in [3.63, 3.8) is 0 Å². The number of para-hydroxylation sites is 1. The van der Waals surface area contributed by atoms with Crippen molar-refractivity contribution in [2.24, 2.45) is 0 Å². The summed E-state index contributed by atoms with van der Waals surface area (Å²) in [5.74, 6) is 0. The smallest absolute Gasteiger partial charge is 0.139 e. The van der Waals surface area contributed by atoms with Crippen LogP contribution in [0, 0.1) is 0 Å². The van der Waals surface area contributed by atoms with Gasteiger partial charge in [0.15, 0.2) is 0 Å². The number of hydrogen-bond donors (Lipinski definition) is 0. The Kier molecular flexibility index (Phi) is 2.34. The molecular formula is C11H16N+. The second kappa shape index (κ2) is 3.11. The van der Waals surface area contributed by atoms with Crippen molar-refractivity contribution in [1.82, 2.24) is 4.48 Å². The lowest BCUT2D eigenvalue weighted by Gasteiger charge is -2.24. The lowest BCUT2D eigenvalue weighted by Crippen LogP contribution is -2.35. The average molecular weight is 162 g/mol. The highest BCUT2D eigenvalue weighted by atomic mass is 15.3. The molecular weight excluding hydrogens is 146 g/mol. The maximum atomic E-state index is 3.80. The Morgan fingerprint density at radius 1 is 1.17 bits per heavy atom. The van der Waals surface area contributed by atoms with Crippen LogP contribution >= 0.6 is 0 Å². The molecule has 1 nitrogen and oxygen atoms in total. The summed E-state index contributed by atoms with van der Waals surface area (Å²) in [7, 11) is 6.47. The zero-order valence-corrected chi connectivity index (χ0v) is 8.04. The minimum Gasteiger partial charge on any atom is -0.298 e. The summed E-state index contributed by atoms with van der Waals surface area (Å²) in [6.45, 7) is 3.80. The molecule has 0 heterocycles. The zero-order chi connectivity index (χ0) is 9.19. The fourth-order valence-electron chi connectivity index (χ4n) is 1.27. The first-order valence-corrected chi connectivity index (χ1v) is 4.09. The molecule has 1 aromatic carbocycles. The molecule has 0 aromatic heterocycles. The van der Waals surface area contributed by atoms with Crippen LogP contribution in [-0.2, 0) is 0 Å². The van der Waals surface area contributed by atoms with E-state index in [1.54, 1.807) is 0 Å². The van der Waals surface area contributed by atoms with E-state index in [0.717, 1.165) is 4.48 Å². The van der Waals surface area contributed by atoms with Gasteiger partial charge in [0.2, 0.25) is 0 Å². The molecule has 0 aliphatic heterocycles. The summed E-state index contributed by atoms with van der Waals surface area (Å²) in [6.07, 6.45) is 1.90. The number of quaternary nitrogens is 1. The first kappa shape index (κ1) is 9.01. The van der Waals surface area contributed by atoms with Crippen molar-refractivity contribution >= 4 is 11.8 Å². The van der Waals surface area contributed by atoms with E-state index in [0.29, 0.717) is 0 Å². The number of rotatable bonds is 2. The Balaban J connectivity index is 3.23. The van der Waals surface area contributed by atoms with Gasteiger partial charge in [-0.25, -0.2) is 0 Å². The van der Waals surface area contributed by atoms with Crippen LogP contribution in [0.4, 0.5) is 5.69 Å². The first-order chi connectivity index (χ1) is 5.55. The molecule has 0 unspecified atom stereocenters. The quantitative estimate of drug-likeness (QED) is 0.586. The van der Waals surface area contributed by atoms with E-state index in [2.05, 4.69) is 45.9 Å². The zero-order valence-electron chi connectivity index (χ0n) is 8.04. The number of hydrogen-bond acceptors (Lipinski definition) is 0. The summed E-state index contributed by atoms with van der Waals surface area (Å²) in [5, 5.41) is 0. The summed E-state index contributed by atoms with van der Waals surface area (Å²) < 4.78 is 0.836. The molecule has 0 saturated carbocycles.